The first kappa shape index (κ1) is 15.1. The maximum atomic E-state index is 12.9. The molecule has 6 heteroatoms. The first-order valence-electron chi connectivity index (χ1n) is 7.66. The van der Waals surface area contributed by atoms with Crippen molar-refractivity contribution in [3.63, 3.8) is 0 Å². The number of aryl methyl sites for hydroxylation is 2. The molecule has 1 aliphatic heterocycles. The van der Waals surface area contributed by atoms with Crippen molar-refractivity contribution in [2.24, 2.45) is 5.92 Å². The molecule has 0 unspecified atom stereocenters. The van der Waals surface area contributed by atoms with Crippen LogP contribution < -0.4 is 5.32 Å². The van der Waals surface area contributed by atoms with Crippen molar-refractivity contribution in [2.75, 3.05) is 13.1 Å². The predicted octanol–water partition coefficient (Wildman–Crippen LogP) is 1.61. The predicted molar refractivity (Wildman–Crippen MR) is 80.8 cm³/mol. The van der Waals surface area contributed by atoms with E-state index in [0.717, 1.165) is 43.1 Å². The van der Waals surface area contributed by atoms with Gasteiger partial charge in [-0.25, -0.2) is 4.39 Å². The molecular weight excluding hydrogens is 283 g/mol. The van der Waals surface area contributed by atoms with E-state index in [1.807, 2.05) is 6.92 Å². The molecule has 5 nitrogen and oxygen atoms in total. The number of hydrogen-bond donors (Lipinski definition) is 2. The minimum atomic E-state index is -0.614. The zero-order chi connectivity index (χ0) is 15.5. The Labute approximate surface area is 129 Å². The lowest BCUT2D eigenvalue weighted by Crippen LogP contribution is -2.32. The monoisotopic (exact) mass is 304 g/mol. The molecule has 118 valence electrons. The number of aromatic nitrogens is 3. The van der Waals surface area contributed by atoms with E-state index >= 15 is 0 Å². The third-order valence-corrected chi connectivity index (χ3v) is 4.25. The van der Waals surface area contributed by atoms with Gasteiger partial charge in [0.15, 0.2) is 0 Å². The van der Waals surface area contributed by atoms with E-state index < -0.39 is 6.10 Å². The van der Waals surface area contributed by atoms with Gasteiger partial charge >= 0.3 is 0 Å². The van der Waals surface area contributed by atoms with Crippen molar-refractivity contribution in [1.82, 2.24) is 20.1 Å². The van der Waals surface area contributed by atoms with Crippen LogP contribution in [-0.2, 0) is 13.0 Å². The topological polar surface area (TPSA) is 63.0 Å². The summed E-state index contributed by atoms with van der Waals surface area (Å²) >= 11 is 0. The molecule has 2 heterocycles. The average molecular weight is 304 g/mol. The zero-order valence-electron chi connectivity index (χ0n) is 12.7. The number of aliphatic hydroxyl groups excluding tert-OH is 1. The van der Waals surface area contributed by atoms with Crippen LogP contribution in [0, 0.1) is 18.7 Å². The van der Waals surface area contributed by atoms with Crippen LogP contribution in [0.25, 0.3) is 0 Å². The van der Waals surface area contributed by atoms with Crippen LogP contribution >= 0.6 is 0 Å². The van der Waals surface area contributed by atoms with Gasteiger partial charge in [-0.3, -0.25) is 0 Å². The van der Waals surface area contributed by atoms with Gasteiger partial charge in [0, 0.05) is 19.5 Å². The fraction of sp³-hybridized carbons (Fsp3) is 0.500. The summed E-state index contributed by atoms with van der Waals surface area (Å²) in [5, 5.41) is 21.7. The molecule has 0 spiro atoms. The number of nitrogens with zero attached hydrogens (tertiary/aromatic N) is 3. The molecule has 0 bridgehead atoms. The summed E-state index contributed by atoms with van der Waals surface area (Å²) in [4.78, 5) is 0. The summed E-state index contributed by atoms with van der Waals surface area (Å²) < 4.78 is 15.0. The third-order valence-electron chi connectivity index (χ3n) is 4.25. The number of nitrogens with one attached hydrogen (secondary N) is 1. The van der Waals surface area contributed by atoms with Gasteiger partial charge in [-0.1, -0.05) is 12.1 Å². The van der Waals surface area contributed by atoms with Gasteiger partial charge < -0.3 is 15.0 Å². The second kappa shape index (κ2) is 6.54. The zero-order valence-corrected chi connectivity index (χ0v) is 12.7. The van der Waals surface area contributed by atoms with Gasteiger partial charge in [-0.2, -0.15) is 0 Å². The van der Waals surface area contributed by atoms with Crippen LogP contribution in [0.3, 0.4) is 0 Å². The number of benzene rings is 1. The number of rotatable bonds is 5. The van der Waals surface area contributed by atoms with Gasteiger partial charge in [-0.15, -0.1) is 10.2 Å². The third kappa shape index (κ3) is 3.34. The standard InChI is InChI=1S/C16H21FN4O/c1-11-19-20-16-7-2-12(10-21(11)16)8-18-9-15(22)13-3-5-14(17)6-4-13/h3-6,12,15,18,22H,2,7-10H2,1H3/t12-,15-/m0/s1. The SMILES string of the molecule is Cc1nnc2n1C[C@H](CNC[C@H](O)c1ccc(F)cc1)CC2. The van der Waals surface area contributed by atoms with Crippen molar-refractivity contribution < 1.29 is 9.50 Å². The van der Waals surface area contributed by atoms with Crippen LogP contribution in [0.15, 0.2) is 24.3 Å². The van der Waals surface area contributed by atoms with Gasteiger partial charge in [0.25, 0.3) is 0 Å². The molecule has 3 rings (SSSR count). The summed E-state index contributed by atoms with van der Waals surface area (Å²) in [5.74, 6) is 2.26. The summed E-state index contributed by atoms with van der Waals surface area (Å²) in [6, 6.07) is 5.98. The van der Waals surface area contributed by atoms with E-state index in [9.17, 15) is 9.50 Å². The minimum Gasteiger partial charge on any atom is -0.387 e. The second-order valence-corrected chi connectivity index (χ2v) is 5.90. The average Bonchev–Trinajstić information content (AvgIpc) is 2.89. The molecule has 22 heavy (non-hydrogen) atoms. The number of aliphatic hydroxyl groups is 1. The molecule has 0 aliphatic carbocycles. The Bertz CT molecular complexity index is 626. The lowest BCUT2D eigenvalue weighted by atomic mass is 9.99. The van der Waals surface area contributed by atoms with E-state index in [-0.39, 0.29) is 5.82 Å². The smallest absolute Gasteiger partial charge is 0.133 e. The fourth-order valence-electron chi connectivity index (χ4n) is 2.92. The molecule has 0 fully saturated rings. The summed E-state index contributed by atoms with van der Waals surface area (Å²) in [6.45, 7) is 4.21. The molecule has 2 N–H and O–H groups in total. The molecule has 0 saturated heterocycles. The van der Waals surface area contributed by atoms with Crippen molar-refractivity contribution >= 4 is 0 Å². The van der Waals surface area contributed by atoms with Crippen LogP contribution in [0.2, 0.25) is 0 Å². The summed E-state index contributed by atoms with van der Waals surface area (Å²) in [5.41, 5.74) is 0.731. The van der Waals surface area contributed by atoms with Crippen LogP contribution in [0.1, 0.15) is 29.7 Å². The minimum absolute atomic E-state index is 0.286. The molecule has 2 aromatic rings. The molecule has 0 amide bonds. The van der Waals surface area contributed by atoms with Crippen LogP contribution in [-0.4, -0.2) is 33.0 Å². The van der Waals surface area contributed by atoms with Gasteiger partial charge in [-0.05, 0) is 43.5 Å². The lowest BCUT2D eigenvalue weighted by Gasteiger charge is -2.24. The van der Waals surface area contributed by atoms with Crippen molar-refractivity contribution in [3.8, 4) is 0 Å². The molecule has 1 aromatic carbocycles. The molecule has 1 aliphatic rings. The Morgan fingerprint density at radius 3 is 2.91 bits per heavy atom. The molecule has 0 radical (unpaired) electrons. The lowest BCUT2D eigenvalue weighted by molar-refractivity contribution is 0.170. The van der Waals surface area contributed by atoms with E-state index in [1.54, 1.807) is 12.1 Å². The van der Waals surface area contributed by atoms with Crippen molar-refractivity contribution in [2.45, 2.75) is 32.4 Å². The van der Waals surface area contributed by atoms with E-state index in [0.29, 0.717) is 12.5 Å². The normalized spacial score (nSPS) is 19.0. The summed E-state index contributed by atoms with van der Waals surface area (Å²) in [6.07, 6.45) is 1.42. The Morgan fingerprint density at radius 1 is 1.36 bits per heavy atom. The number of halogens is 1. The van der Waals surface area contributed by atoms with Gasteiger partial charge in [0.1, 0.15) is 17.5 Å². The summed E-state index contributed by atoms with van der Waals surface area (Å²) in [7, 11) is 0. The second-order valence-electron chi connectivity index (χ2n) is 5.90. The maximum absolute atomic E-state index is 12.9. The highest BCUT2D eigenvalue weighted by Gasteiger charge is 2.21. The van der Waals surface area contributed by atoms with E-state index in [4.69, 9.17) is 0 Å². The Balaban J connectivity index is 1.47. The molecule has 1 aromatic heterocycles. The quantitative estimate of drug-likeness (QED) is 0.881. The first-order chi connectivity index (χ1) is 10.6. The maximum Gasteiger partial charge on any atom is 0.133 e. The van der Waals surface area contributed by atoms with Gasteiger partial charge in [0.2, 0.25) is 0 Å². The van der Waals surface area contributed by atoms with Crippen molar-refractivity contribution in [3.05, 3.63) is 47.3 Å². The fourth-order valence-corrected chi connectivity index (χ4v) is 2.92. The highest BCUT2D eigenvalue weighted by Crippen LogP contribution is 2.19. The van der Waals surface area contributed by atoms with E-state index in [2.05, 4.69) is 20.1 Å². The largest absolute Gasteiger partial charge is 0.387 e. The molecule has 2 atom stereocenters. The van der Waals surface area contributed by atoms with Gasteiger partial charge in [0.05, 0.1) is 6.10 Å². The Hall–Kier alpha value is -1.79. The highest BCUT2D eigenvalue weighted by molar-refractivity contribution is 5.18. The van der Waals surface area contributed by atoms with Crippen molar-refractivity contribution in [1.29, 1.82) is 0 Å². The Kier molecular flexibility index (Phi) is 4.49. The van der Waals surface area contributed by atoms with Crippen LogP contribution in [0.4, 0.5) is 4.39 Å². The van der Waals surface area contributed by atoms with Crippen LogP contribution in [0.5, 0.6) is 0 Å². The molecule has 0 saturated carbocycles. The molecular formula is C16H21FN4O. The number of fused-ring (bicyclic) bond motifs is 1. The number of hydrogen-bond acceptors (Lipinski definition) is 4. The Morgan fingerprint density at radius 2 is 2.14 bits per heavy atom. The first-order valence-corrected chi connectivity index (χ1v) is 7.66. The van der Waals surface area contributed by atoms with E-state index in [1.165, 1.54) is 12.1 Å². The highest BCUT2D eigenvalue weighted by atomic mass is 19.1.